The number of rotatable bonds is 6. The standard InChI is InChI=1S/C22H28O4/c1-14-4-3-5-19(15(14)2)25-13-21(24)26-12-20(23)22-9-16-6-17(10-22)8-18(7-16)11-22/h3-5,16-18H,6-13H2,1-2H3. The third kappa shape index (κ3) is 3.26. The highest BCUT2D eigenvalue weighted by Crippen LogP contribution is 2.60. The van der Waals surface area contributed by atoms with Crippen molar-refractivity contribution in [2.45, 2.75) is 52.4 Å². The van der Waals surface area contributed by atoms with Crippen molar-refractivity contribution in [3.05, 3.63) is 29.3 Å². The van der Waals surface area contributed by atoms with Gasteiger partial charge in [-0.15, -0.1) is 0 Å². The van der Waals surface area contributed by atoms with Crippen molar-refractivity contribution in [3.63, 3.8) is 0 Å². The maximum Gasteiger partial charge on any atom is 0.344 e. The third-order valence-electron chi connectivity index (χ3n) is 6.89. The summed E-state index contributed by atoms with van der Waals surface area (Å²) in [5.74, 6) is 2.51. The van der Waals surface area contributed by atoms with E-state index in [0.29, 0.717) is 23.5 Å². The average Bonchev–Trinajstić information content (AvgIpc) is 2.59. The maximum absolute atomic E-state index is 12.9. The van der Waals surface area contributed by atoms with Crippen LogP contribution >= 0.6 is 0 Å². The van der Waals surface area contributed by atoms with Crippen LogP contribution in [-0.2, 0) is 14.3 Å². The Bertz CT molecular complexity index is 686. The Morgan fingerprint density at radius 3 is 2.23 bits per heavy atom. The zero-order valence-corrected chi connectivity index (χ0v) is 15.8. The summed E-state index contributed by atoms with van der Waals surface area (Å²) in [5.41, 5.74) is 1.93. The molecule has 0 radical (unpaired) electrons. The highest BCUT2D eigenvalue weighted by molar-refractivity contribution is 5.88. The van der Waals surface area contributed by atoms with Crippen LogP contribution in [0.2, 0.25) is 0 Å². The fourth-order valence-corrected chi connectivity index (χ4v) is 5.81. The smallest absolute Gasteiger partial charge is 0.344 e. The molecule has 4 bridgehead atoms. The SMILES string of the molecule is Cc1cccc(OCC(=O)OCC(=O)C23CC4CC(CC(C4)C2)C3)c1C. The molecule has 1 aromatic rings. The van der Waals surface area contributed by atoms with Gasteiger partial charge in [0.1, 0.15) is 5.75 Å². The van der Waals surface area contributed by atoms with Crippen LogP contribution in [0.3, 0.4) is 0 Å². The molecule has 4 heteroatoms. The molecular formula is C22H28O4. The van der Waals surface area contributed by atoms with Crippen molar-refractivity contribution in [2.24, 2.45) is 23.2 Å². The van der Waals surface area contributed by atoms with Gasteiger partial charge in [0, 0.05) is 5.41 Å². The Morgan fingerprint density at radius 1 is 1.00 bits per heavy atom. The lowest BCUT2D eigenvalue weighted by atomic mass is 9.48. The Morgan fingerprint density at radius 2 is 1.62 bits per heavy atom. The molecule has 26 heavy (non-hydrogen) atoms. The molecule has 0 aliphatic heterocycles. The highest BCUT2D eigenvalue weighted by atomic mass is 16.6. The zero-order chi connectivity index (χ0) is 18.3. The zero-order valence-electron chi connectivity index (χ0n) is 15.8. The van der Waals surface area contributed by atoms with Gasteiger partial charge in [-0.1, -0.05) is 12.1 Å². The fraction of sp³-hybridized carbons (Fsp3) is 0.636. The lowest BCUT2D eigenvalue weighted by Crippen LogP contribution is -2.51. The molecule has 1 aromatic carbocycles. The van der Waals surface area contributed by atoms with Crippen molar-refractivity contribution in [1.82, 2.24) is 0 Å². The molecular weight excluding hydrogens is 328 g/mol. The normalized spacial score (nSPS) is 31.7. The van der Waals surface area contributed by atoms with Crippen LogP contribution in [0.4, 0.5) is 0 Å². The molecule has 4 aliphatic rings. The average molecular weight is 356 g/mol. The van der Waals surface area contributed by atoms with Crippen molar-refractivity contribution in [3.8, 4) is 5.75 Å². The van der Waals surface area contributed by atoms with Crippen molar-refractivity contribution in [2.75, 3.05) is 13.2 Å². The molecule has 0 unspecified atom stereocenters. The van der Waals surface area contributed by atoms with Gasteiger partial charge in [-0.05, 0) is 87.3 Å². The molecule has 5 rings (SSSR count). The van der Waals surface area contributed by atoms with E-state index >= 15 is 0 Å². The molecule has 0 saturated heterocycles. The van der Waals surface area contributed by atoms with E-state index in [1.807, 2.05) is 32.0 Å². The number of aryl methyl sites for hydroxylation is 1. The predicted molar refractivity (Wildman–Crippen MR) is 98.0 cm³/mol. The second kappa shape index (κ2) is 6.71. The summed E-state index contributed by atoms with van der Waals surface area (Å²) in [4.78, 5) is 24.9. The van der Waals surface area contributed by atoms with E-state index in [2.05, 4.69) is 0 Å². The second-order valence-electron chi connectivity index (χ2n) is 8.77. The number of esters is 1. The van der Waals surface area contributed by atoms with Crippen LogP contribution in [0.25, 0.3) is 0 Å². The Hall–Kier alpha value is -1.84. The van der Waals surface area contributed by atoms with Crippen molar-refractivity contribution < 1.29 is 19.1 Å². The minimum absolute atomic E-state index is 0.0961. The molecule has 140 valence electrons. The topological polar surface area (TPSA) is 52.6 Å². The summed E-state index contributed by atoms with van der Waals surface area (Å²) in [6.07, 6.45) is 6.93. The first-order valence-electron chi connectivity index (χ1n) is 9.83. The first-order valence-corrected chi connectivity index (χ1v) is 9.83. The van der Waals surface area contributed by atoms with Gasteiger partial charge < -0.3 is 9.47 Å². The van der Waals surface area contributed by atoms with Crippen molar-refractivity contribution >= 4 is 11.8 Å². The van der Waals surface area contributed by atoms with Gasteiger partial charge in [-0.2, -0.15) is 0 Å². The highest BCUT2D eigenvalue weighted by Gasteiger charge is 2.54. The van der Waals surface area contributed by atoms with Crippen LogP contribution in [0.5, 0.6) is 5.75 Å². The van der Waals surface area contributed by atoms with Gasteiger partial charge in [0.25, 0.3) is 0 Å². The van der Waals surface area contributed by atoms with Crippen LogP contribution in [-0.4, -0.2) is 25.0 Å². The summed E-state index contributed by atoms with van der Waals surface area (Å²) in [6.45, 7) is 3.72. The molecule has 0 N–H and O–H groups in total. The predicted octanol–water partition coefficient (Wildman–Crippen LogP) is 4.01. The second-order valence-corrected chi connectivity index (χ2v) is 8.77. The van der Waals surface area contributed by atoms with Gasteiger partial charge in [0.15, 0.2) is 19.0 Å². The summed E-state index contributed by atoms with van der Waals surface area (Å²) >= 11 is 0. The number of Topliss-reactive ketones (excluding diaryl/α,β-unsaturated/α-hetero) is 1. The van der Waals surface area contributed by atoms with Crippen LogP contribution in [0.15, 0.2) is 18.2 Å². The number of hydrogen-bond acceptors (Lipinski definition) is 4. The van der Waals surface area contributed by atoms with Crippen LogP contribution < -0.4 is 4.74 Å². The minimum Gasteiger partial charge on any atom is -0.482 e. The number of ether oxygens (including phenoxy) is 2. The lowest BCUT2D eigenvalue weighted by Gasteiger charge is -2.55. The summed E-state index contributed by atoms with van der Waals surface area (Å²) in [6, 6.07) is 5.75. The van der Waals surface area contributed by atoms with E-state index in [0.717, 1.165) is 30.4 Å². The van der Waals surface area contributed by atoms with E-state index in [9.17, 15) is 9.59 Å². The van der Waals surface area contributed by atoms with E-state index in [-0.39, 0.29) is 24.4 Å². The van der Waals surface area contributed by atoms with Gasteiger partial charge >= 0.3 is 5.97 Å². The summed E-state index contributed by atoms with van der Waals surface area (Å²) in [5, 5.41) is 0. The number of carbonyl (C=O) groups is 2. The molecule has 0 atom stereocenters. The largest absolute Gasteiger partial charge is 0.482 e. The Labute approximate surface area is 155 Å². The number of hydrogen-bond donors (Lipinski definition) is 0. The quantitative estimate of drug-likeness (QED) is 0.723. The molecule has 0 heterocycles. The molecule has 4 fully saturated rings. The third-order valence-corrected chi connectivity index (χ3v) is 6.89. The van der Waals surface area contributed by atoms with Crippen LogP contribution in [0, 0.1) is 37.0 Å². The fourth-order valence-electron chi connectivity index (χ4n) is 5.81. The minimum atomic E-state index is -0.469. The molecule has 0 spiro atoms. The molecule has 4 nitrogen and oxygen atoms in total. The van der Waals surface area contributed by atoms with E-state index < -0.39 is 5.97 Å². The van der Waals surface area contributed by atoms with Crippen molar-refractivity contribution in [1.29, 1.82) is 0 Å². The van der Waals surface area contributed by atoms with Gasteiger partial charge in [-0.25, -0.2) is 4.79 Å². The monoisotopic (exact) mass is 356 g/mol. The van der Waals surface area contributed by atoms with Gasteiger partial charge in [0.05, 0.1) is 0 Å². The van der Waals surface area contributed by atoms with E-state index in [4.69, 9.17) is 9.47 Å². The van der Waals surface area contributed by atoms with Gasteiger partial charge in [0.2, 0.25) is 0 Å². The maximum atomic E-state index is 12.9. The van der Waals surface area contributed by atoms with E-state index in [1.165, 1.54) is 19.3 Å². The summed E-state index contributed by atoms with van der Waals surface area (Å²) < 4.78 is 10.8. The first-order chi connectivity index (χ1) is 12.4. The molecule has 0 amide bonds. The van der Waals surface area contributed by atoms with Gasteiger partial charge in [-0.3, -0.25) is 4.79 Å². The summed E-state index contributed by atoms with van der Waals surface area (Å²) in [7, 11) is 0. The number of benzene rings is 1. The van der Waals surface area contributed by atoms with Crippen LogP contribution in [0.1, 0.15) is 49.7 Å². The number of carbonyl (C=O) groups excluding carboxylic acids is 2. The molecule has 4 aliphatic carbocycles. The Kier molecular flexibility index (Phi) is 4.54. The van der Waals surface area contributed by atoms with E-state index in [1.54, 1.807) is 0 Å². The lowest BCUT2D eigenvalue weighted by molar-refractivity contribution is -0.158. The molecule has 4 saturated carbocycles. The number of ketones is 1. The molecule has 0 aromatic heterocycles. The Balaban J connectivity index is 1.29. The first kappa shape index (κ1) is 17.6.